The maximum atomic E-state index is 12.7. The molecule has 3 rings (SSSR count). The van der Waals surface area contributed by atoms with Crippen molar-refractivity contribution in [3.05, 3.63) is 56.7 Å². The molecule has 1 aliphatic heterocycles. The Bertz CT molecular complexity index is 996. The summed E-state index contributed by atoms with van der Waals surface area (Å²) in [5.74, 6) is -0.430. The Labute approximate surface area is 203 Å². The fraction of sp³-hybridized carbons (Fsp3) is 0.480. The van der Waals surface area contributed by atoms with Crippen molar-refractivity contribution in [3.8, 4) is 0 Å². The van der Waals surface area contributed by atoms with Gasteiger partial charge in [-0.25, -0.2) is 9.78 Å². The largest absolute Gasteiger partial charge is 0.480 e. The van der Waals surface area contributed by atoms with Crippen molar-refractivity contribution in [2.45, 2.75) is 58.4 Å². The standard InChI is InChI=1S/C25H32BrN3O4/c1-16-8-11-20(26)17(2)22(16)24(30)29-21(25(31)32)12-15-33-14-4-3-7-19-10-9-18-6-5-13-27-23(18)28-19/h8-11,21H,3-7,12-15H2,1-2H3,(H,27,28)(H,29,30)(H,31,32)/t21-/m1/s1. The lowest BCUT2D eigenvalue weighted by molar-refractivity contribution is -0.139. The molecule has 0 spiro atoms. The minimum absolute atomic E-state index is 0.214. The molecular formula is C25H32BrN3O4. The lowest BCUT2D eigenvalue weighted by Gasteiger charge is -2.17. The van der Waals surface area contributed by atoms with Gasteiger partial charge in [-0.3, -0.25) is 4.79 Å². The van der Waals surface area contributed by atoms with E-state index in [1.54, 1.807) is 0 Å². The number of aromatic nitrogens is 1. The van der Waals surface area contributed by atoms with Gasteiger partial charge in [0.2, 0.25) is 0 Å². The first-order valence-electron chi connectivity index (χ1n) is 11.5. The van der Waals surface area contributed by atoms with Crippen molar-refractivity contribution in [1.29, 1.82) is 0 Å². The van der Waals surface area contributed by atoms with Crippen molar-refractivity contribution in [3.63, 3.8) is 0 Å². The van der Waals surface area contributed by atoms with Crippen LogP contribution in [-0.4, -0.2) is 47.8 Å². The molecular weight excluding hydrogens is 486 g/mol. The molecule has 0 bridgehead atoms. The zero-order valence-corrected chi connectivity index (χ0v) is 20.8. The van der Waals surface area contributed by atoms with Crippen LogP contribution in [0.5, 0.6) is 0 Å². The quantitative estimate of drug-likeness (QED) is 0.381. The van der Waals surface area contributed by atoms with Gasteiger partial charge in [0.05, 0.1) is 0 Å². The molecule has 2 heterocycles. The second kappa shape index (κ2) is 12.1. The number of ether oxygens (including phenoxy) is 1. The van der Waals surface area contributed by atoms with Crippen LogP contribution in [0.15, 0.2) is 28.7 Å². The van der Waals surface area contributed by atoms with Gasteiger partial charge in [0, 0.05) is 41.9 Å². The SMILES string of the molecule is Cc1ccc(Br)c(C)c1C(=O)N[C@H](CCOCCCCc1ccc2c(n1)NCCC2)C(=O)O. The van der Waals surface area contributed by atoms with Crippen molar-refractivity contribution >= 4 is 33.6 Å². The summed E-state index contributed by atoms with van der Waals surface area (Å²) in [6, 6.07) is 6.98. The third-order valence-corrected chi connectivity index (χ3v) is 6.77. The van der Waals surface area contributed by atoms with Crippen LogP contribution in [0.1, 0.15) is 58.4 Å². The summed E-state index contributed by atoms with van der Waals surface area (Å²) in [4.78, 5) is 29.0. The molecule has 0 aliphatic carbocycles. The van der Waals surface area contributed by atoms with E-state index in [0.717, 1.165) is 65.8 Å². The first kappa shape index (κ1) is 25.2. The Morgan fingerprint density at radius 3 is 2.82 bits per heavy atom. The van der Waals surface area contributed by atoms with Gasteiger partial charge < -0.3 is 20.5 Å². The van der Waals surface area contributed by atoms with Crippen LogP contribution in [0.4, 0.5) is 5.82 Å². The van der Waals surface area contributed by atoms with E-state index in [1.807, 2.05) is 26.0 Å². The first-order valence-corrected chi connectivity index (χ1v) is 12.3. The molecule has 0 fully saturated rings. The van der Waals surface area contributed by atoms with Crippen LogP contribution >= 0.6 is 15.9 Å². The molecule has 1 aromatic heterocycles. The van der Waals surface area contributed by atoms with E-state index in [4.69, 9.17) is 9.72 Å². The van der Waals surface area contributed by atoms with E-state index < -0.39 is 12.0 Å². The summed E-state index contributed by atoms with van der Waals surface area (Å²) in [6.45, 7) is 5.48. The minimum atomic E-state index is -1.07. The van der Waals surface area contributed by atoms with Gasteiger partial charge in [-0.15, -0.1) is 0 Å². The van der Waals surface area contributed by atoms with Crippen LogP contribution in [-0.2, 0) is 22.4 Å². The molecule has 1 aliphatic rings. The van der Waals surface area contributed by atoms with Crippen LogP contribution in [0.2, 0.25) is 0 Å². The number of carbonyl (C=O) groups is 2. The van der Waals surface area contributed by atoms with Gasteiger partial charge in [0.15, 0.2) is 0 Å². The number of hydrogen-bond acceptors (Lipinski definition) is 5. The van der Waals surface area contributed by atoms with Crippen LogP contribution in [0, 0.1) is 13.8 Å². The number of nitrogens with zero attached hydrogens (tertiary/aromatic N) is 1. The number of hydrogen-bond donors (Lipinski definition) is 3. The monoisotopic (exact) mass is 517 g/mol. The van der Waals surface area contributed by atoms with Crippen molar-refractivity contribution < 1.29 is 19.4 Å². The van der Waals surface area contributed by atoms with Gasteiger partial charge in [-0.2, -0.15) is 0 Å². The van der Waals surface area contributed by atoms with Gasteiger partial charge in [0.1, 0.15) is 11.9 Å². The number of aryl methyl sites for hydroxylation is 3. The number of nitrogens with one attached hydrogen (secondary N) is 2. The topological polar surface area (TPSA) is 101 Å². The summed E-state index contributed by atoms with van der Waals surface area (Å²) in [6.07, 6.45) is 5.16. The number of anilines is 1. The number of pyridine rings is 1. The lowest BCUT2D eigenvalue weighted by atomic mass is 10.0. The number of carboxylic acid groups (broad SMARTS) is 1. The molecule has 0 saturated carbocycles. The minimum Gasteiger partial charge on any atom is -0.480 e. The van der Waals surface area contributed by atoms with Crippen molar-refractivity contribution in [2.75, 3.05) is 25.1 Å². The predicted octanol–water partition coefficient (Wildman–Crippen LogP) is 4.43. The molecule has 0 saturated heterocycles. The predicted molar refractivity (Wildman–Crippen MR) is 132 cm³/mol. The van der Waals surface area contributed by atoms with Crippen LogP contribution in [0.3, 0.4) is 0 Å². The first-order chi connectivity index (χ1) is 15.9. The van der Waals surface area contributed by atoms with Crippen LogP contribution < -0.4 is 10.6 Å². The third-order valence-electron chi connectivity index (χ3n) is 5.91. The second-order valence-electron chi connectivity index (χ2n) is 8.43. The number of rotatable bonds is 11. The van der Waals surface area contributed by atoms with E-state index in [-0.39, 0.29) is 18.9 Å². The van der Waals surface area contributed by atoms with Crippen LogP contribution in [0.25, 0.3) is 0 Å². The van der Waals surface area contributed by atoms with E-state index in [9.17, 15) is 14.7 Å². The molecule has 1 atom stereocenters. The number of benzene rings is 1. The average molecular weight is 518 g/mol. The van der Waals surface area contributed by atoms with Gasteiger partial charge >= 0.3 is 5.97 Å². The van der Waals surface area contributed by atoms with Crippen molar-refractivity contribution in [2.24, 2.45) is 0 Å². The number of aliphatic carboxylic acids is 1. The van der Waals surface area contributed by atoms with Gasteiger partial charge in [0.25, 0.3) is 5.91 Å². The molecule has 3 N–H and O–H groups in total. The van der Waals surface area contributed by atoms with E-state index >= 15 is 0 Å². The Hall–Kier alpha value is -2.45. The van der Waals surface area contributed by atoms with Crippen molar-refractivity contribution in [1.82, 2.24) is 10.3 Å². The zero-order chi connectivity index (χ0) is 23.8. The van der Waals surface area contributed by atoms with E-state index in [2.05, 4.69) is 38.7 Å². The van der Waals surface area contributed by atoms with E-state index in [1.165, 1.54) is 5.56 Å². The van der Waals surface area contributed by atoms with Gasteiger partial charge in [-0.1, -0.05) is 28.1 Å². The Kier molecular flexibility index (Phi) is 9.26. The number of carboxylic acids is 1. The van der Waals surface area contributed by atoms with Gasteiger partial charge in [-0.05, 0) is 74.8 Å². The summed E-state index contributed by atoms with van der Waals surface area (Å²) in [5.41, 5.74) is 4.46. The lowest BCUT2D eigenvalue weighted by Crippen LogP contribution is -2.42. The summed E-state index contributed by atoms with van der Waals surface area (Å²) < 4.78 is 6.46. The maximum absolute atomic E-state index is 12.7. The highest BCUT2D eigenvalue weighted by Gasteiger charge is 2.23. The molecule has 8 heteroatoms. The second-order valence-corrected chi connectivity index (χ2v) is 9.28. The number of unbranched alkanes of at least 4 members (excludes halogenated alkanes) is 1. The highest BCUT2D eigenvalue weighted by molar-refractivity contribution is 9.10. The fourth-order valence-electron chi connectivity index (χ4n) is 3.98. The molecule has 1 amide bonds. The highest BCUT2D eigenvalue weighted by Crippen LogP contribution is 2.23. The Balaban J connectivity index is 1.38. The molecule has 33 heavy (non-hydrogen) atoms. The molecule has 1 aromatic carbocycles. The third kappa shape index (κ3) is 7.01. The smallest absolute Gasteiger partial charge is 0.326 e. The Morgan fingerprint density at radius 1 is 1.21 bits per heavy atom. The average Bonchev–Trinajstić information content (AvgIpc) is 2.80. The number of halogens is 1. The normalized spacial score (nSPS) is 13.7. The zero-order valence-electron chi connectivity index (χ0n) is 19.2. The number of amides is 1. The van der Waals surface area contributed by atoms with E-state index in [0.29, 0.717) is 12.2 Å². The molecule has 178 valence electrons. The number of carbonyl (C=O) groups excluding carboxylic acids is 1. The molecule has 2 aromatic rings. The fourth-order valence-corrected chi connectivity index (χ4v) is 4.31. The summed E-state index contributed by atoms with van der Waals surface area (Å²) in [5, 5.41) is 15.5. The maximum Gasteiger partial charge on any atom is 0.326 e. The number of fused-ring (bicyclic) bond motifs is 1. The Morgan fingerprint density at radius 2 is 2.03 bits per heavy atom. The molecule has 0 radical (unpaired) electrons. The summed E-state index contributed by atoms with van der Waals surface area (Å²) >= 11 is 3.42. The molecule has 7 nitrogen and oxygen atoms in total. The summed E-state index contributed by atoms with van der Waals surface area (Å²) in [7, 11) is 0. The molecule has 0 unspecified atom stereocenters. The highest BCUT2D eigenvalue weighted by atomic mass is 79.9.